The van der Waals surface area contributed by atoms with Gasteiger partial charge in [-0.05, 0) is 71.1 Å². The number of ketones is 1. The summed E-state index contributed by atoms with van der Waals surface area (Å²) in [5.74, 6) is -0.438. The molecule has 0 saturated carbocycles. The molecule has 0 saturated heterocycles. The van der Waals surface area contributed by atoms with Crippen molar-refractivity contribution in [2.45, 2.75) is 31.7 Å². The minimum Gasteiger partial charge on any atom is -0.341 e. The molecule has 11 heteroatoms. The van der Waals surface area contributed by atoms with Crippen LogP contribution < -0.4 is 5.32 Å². The molecular formula is C28H24ClN7O2S. The van der Waals surface area contributed by atoms with Crippen LogP contribution in [0.1, 0.15) is 34.5 Å². The number of aryl methyl sites for hydroxylation is 1. The van der Waals surface area contributed by atoms with Crippen molar-refractivity contribution in [3.63, 3.8) is 0 Å². The molecule has 1 N–H and O–H groups in total. The van der Waals surface area contributed by atoms with E-state index in [0.717, 1.165) is 22.4 Å². The van der Waals surface area contributed by atoms with E-state index in [1.165, 1.54) is 17.7 Å². The second kappa shape index (κ2) is 12.5. The molecule has 0 unspecified atom stereocenters. The summed E-state index contributed by atoms with van der Waals surface area (Å²) in [6.45, 7) is 0. The summed E-state index contributed by atoms with van der Waals surface area (Å²) in [6.07, 6.45) is 6.72. The zero-order chi connectivity index (χ0) is 27.0. The Morgan fingerprint density at radius 3 is 2.72 bits per heavy atom. The molecule has 9 nitrogen and oxygen atoms in total. The van der Waals surface area contributed by atoms with E-state index in [2.05, 4.69) is 30.8 Å². The average Bonchev–Trinajstić information content (AvgIpc) is 3.67. The number of halogens is 1. The number of thiazole rings is 1. The van der Waals surface area contributed by atoms with Gasteiger partial charge in [0, 0.05) is 34.8 Å². The van der Waals surface area contributed by atoms with Gasteiger partial charge in [-0.15, -0.1) is 16.4 Å². The lowest BCUT2D eigenvalue weighted by Crippen LogP contribution is -2.42. The van der Waals surface area contributed by atoms with Crippen LogP contribution in [0.4, 0.5) is 0 Å². The molecule has 0 aliphatic rings. The highest BCUT2D eigenvalue weighted by Gasteiger charge is 2.23. The van der Waals surface area contributed by atoms with Crippen molar-refractivity contribution in [1.82, 2.24) is 35.5 Å². The fourth-order valence-corrected chi connectivity index (χ4v) is 5.19. The number of amides is 1. The highest BCUT2D eigenvalue weighted by atomic mass is 35.5. The number of Topliss-reactive ketones (excluding diaryl/α,β-unsaturated/α-hetero) is 1. The molecule has 0 aliphatic carbocycles. The lowest BCUT2D eigenvalue weighted by atomic mass is 9.97. The van der Waals surface area contributed by atoms with E-state index in [1.54, 1.807) is 28.5 Å². The highest BCUT2D eigenvalue weighted by Crippen LogP contribution is 2.23. The Morgan fingerprint density at radius 2 is 1.95 bits per heavy atom. The van der Waals surface area contributed by atoms with Crippen LogP contribution >= 0.6 is 22.9 Å². The largest absolute Gasteiger partial charge is 0.341 e. The number of hydrogen-bond acceptors (Lipinski definition) is 8. The van der Waals surface area contributed by atoms with Crippen molar-refractivity contribution in [3.8, 4) is 16.3 Å². The molecule has 39 heavy (non-hydrogen) atoms. The molecule has 0 radical (unpaired) electrons. The van der Waals surface area contributed by atoms with Gasteiger partial charge < -0.3 is 5.32 Å². The van der Waals surface area contributed by atoms with Crippen molar-refractivity contribution in [1.29, 1.82) is 0 Å². The van der Waals surface area contributed by atoms with Gasteiger partial charge in [-0.2, -0.15) is 0 Å². The van der Waals surface area contributed by atoms with E-state index in [9.17, 15) is 9.59 Å². The second-order valence-electron chi connectivity index (χ2n) is 8.84. The van der Waals surface area contributed by atoms with Gasteiger partial charge in [0.1, 0.15) is 17.0 Å². The Bertz CT molecular complexity index is 1540. The lowest BCUT2D eigenvalue weighted by molar-refractivity contribution is -0.121. The summed E-state index contributed by atoms with van der Waals surface area (Å²) in [7, 11) is 0. The van der Waals surface area contributed by atoms with Crippen LogP contribution in [-0.2, 0) is 17.6 Å². The molecule has 196 valence electrons. The first-order chi connectivity index (χ1) is 19.1. The van der Waals surface area contributed by atoms with Gasteiger partial charge >= 0.3 is 0 Å². The summed E-state index contributed by atoms with van der Waals surface area (Å²) in [5, 5.41) is 17.3. The number of nitrogens with one attached hydrogen (secondary N) is 1. The second-order valence-corrected chi connectivity index (χ2v) is 10.1. The third-order valence-corrected chi connectivity index (χ3v) is 7.26. The number of carbonyl (C=O) groups excluding carboxylic acids is 2. The maximum Gasteiger partial charge on any atom is 0.271 e. The molecule has 0 fully saturated rings. The van der Waals surface area contributed by atoms with Crippen molar-refractivity contribution in [2.75, 3.05) is 0 Å². The highest BCUT2D eigenvalue weighted by molar-refractivity contribution is 7.13. The Kier molecular flexibility index (Phi) is 8.45. The SMILES string of the molecule is O=C(N[C@@H](Cc1ccccc1)C(=O)CCCc1cc(Cl)ccc1-n1cnnn1)c1csc(-c2cccnc2)n1. The summed E-state index contributed by atoms with van der Waals surface area (Å²) in [4.78, 5) is 35.1. The predicted molar refractivity (Wildman–Crippen MR) is 149 cm³/mol. The summed E-state index contributed by atoms with van der Waals surface area (Å²) in [6, 6.07) is 18.1. The number of benzene rings is 2. The fraction of sp³-hybridized carbons (Fsp3) is 0.179. The maximum absolute atomic E-state index is 13.4. The molecule has 5 aromatic rings. The van der Waals surface area contributed by atoms with Crippen LogP contribution in [0.25, 0.3) is 16.3 Å². The maximum atomic E-state index is 13.4. The molecule has 1 amide bonds. The van der Waals surface area contributed by atoms with E-state index < -0.39 is 6.04 Å². The zero-order valence-corrected chi connectivity index (χ0v) is 22.3. The molecular weight excluding hydrogens is 534 g/mol. The van der Waals surface area contributed by atoms with Gasteiger partial charge in [0.05, 0.1) is 11.7 Å². The molecule has 3 aromatic heterocycles. The Morgan fingerprint density at radius 1 is 1.08 bits per heavy atom. The fourth-order valence-electron chi connectivity index (χ4n) is 4.20. The molecule has 2 aromatic carbocycles. The first-order valence-electron chi connectivity index (χ1n) is 12.3. The molecule has 0 bridgehead atoms. The van der Waals surface area contributed by atoms with Crippen molar-refractivity contribution >= 4 is 34.6 Å². The Labute approximate surface area is 233 Å². The minimum absolute atomic E-state index is 0.0547. The predicted octanol–water partition coefficient (Wildman–Crippen LogP) is 4.77. The summed E-state index contributed by atoms with van der Waals surface area (Å²) in [5.41, 5.74) is 3.80. The minimum atomic E-state index is -0.693. The van der Waals surface area contributed by atoms with Crippen LogP contribution in [0, 0.1) is 0 Å². The molecule has 0 spiro atoms. The van der Waals surface area contributed by atoms with Crippen molar-refractivity contribution in [2.24, 2.45) is 0 Å². The number of rotatable bonds is 11. The van der Waals surface area contributed by atoms with E-state index in [0.29, 0.717) is 29.3 Å². The number of carbonyl (C=O) groups is 2. The van der Waals surface area contributed by atoms with E-state index in [4.69, 9.17) is 11.6 Å². The van der Waals surface area contributed by atoms with Crippen LogP contribution in [0.5, 0.6) is 0 Å². The molecule has 1 atom stereocenters. The number of hydrogen-bond donors (Lipinski definition) is 1. The van der Waals surface area contributed by atoms with Gasteiger partial charge in [-0.1, -0.05) is 41.9 Å². The van der Waals surface area contributed by atoms with Gasteiger partial charge in [-0.3, -0.25) is 14.6 Å². The number of pyridine rings is 1. The third kappa shape index (κ3) is 6.78. The van der Waals surface area contributed by atoms with Gasteiger partial charge in [-0.25, -0.2) is 9.67 Å². The number of nitrogens with zero attached hydrogens (tertiary/aromatic N) is 6. The summed E-state index contributed by atoms with van der Waals surface area (Å²) < 4.78 is 1.57. The number of tetrazole rings is 1. The van der Waals surface area contributed by atoms with E-state index in [1.807, 2.05) is 54.6 Å². The normalized spacial score (nSPS) is 11.7. The van der Waals surface area contributed by atoms with Gasteiger partial charge in [0.15, 0.2) is 5.78 Å². The Hall–Kier alpha value is -4.28. The molecule has 3 heterocycles. The van der Waals surface area contributed by atoms with E-state index in [-0.39, 0.29) is 23.8 Å². The van der Waals surface area contributed by atoms with Crippen LogP contribution in [0.3, 0.4) is 0 Å². The molecule has 5 rings (SSSR count). The average molecular weight is 558 g/mol. The molecule has 0 aliphatic heterocycles. The van der Waals surface area contributed by atoms with E-state index >= 15 is 0 Å². The van der Waals surface area contributed by atoms with Crippen LogP contribution in [0.15, 0.2) is 84.8 Å². The van der Waals surface area contributed by atoms with Crippen molar-refractivity contribution < 1.29 is 9.59 Å². The summed E-state index contributed by atoms with van der Waals surface area (Å²) >= 11 is 7.59. The quantitative estimate of drug-likeness (QED) is 0.249. The van der Waals surface area contributed by atoms with Crippen LogP contribution in [-0.4, -0.2) is 47.9 Å². The van der Waals surface area contributed by atoms with Crippen LogP contribution in [0.2, 0.25) is 5.02 Å². The topological polar surface area (TPSA) is 116 Å². The smallest absolute Gasteiger partial charge is 0.271 e. The van der Waals surface area contributed by atoms with Crippen molar-refractivity contribution in [3.05, 3.63) is 107 Å². The monoisotopic (exact) mass is 557 g/mol. The van der Waals surface area contributed by atoms with Gasteiger partial charge in [0.2, 0.25) is 0 Å². The first-order valence-corrected chi connectivity index (χ1v) is 13.6. The Balaban J connectivity index is 1.28. The first kappa shape index (κ1) is 26.3. The standard InChI is InChI=1S/C28H24ClN7O2S/c29-22-11-12-25(36-18-31-34-35-36)20(15-22)8-4-10-26(37)23(14-19-6-2-1-3-7-19)32-27(38)24-17-39-28(33-24)21-9-5-13-30-16-21/h1-3,5-7,9,11-13,15-18,23H,4,8,10,14H2,(H,32,38)/t23-/m0/s1. The third-order valence-electron chi connectivity index (χ3n) is 6.13. The number of aromatic nitrogens is 6. The zero-order valence-electron chi connectivity index (χ0n) is 20.8. The van der Waals surface area contributed by atoms with Gasteiger partial charge in [0.25, 0.3) is 5.91 Å². The lowest BCUT2D eigenvalue weighted by Gasteiger charge is -2.18.